The molecule has 126 valence electrons. The van der Waals surface area contributed by atoms with Gasteiger partial charge in [-0.05, 0) is 32.6 Å². The molecule has 1 N–H and O–H groups in total. The Bertz CT molecular complexity index is 574. The van der Waals surface area contributed by atoms with Crippen LogP contribution in [0.4, 0.5) is 0 Å². The van der Waals surface area contributed by atoms with Gasteiger partial charge in [0.15, 0.2) is 4.34 Å². The number of thioether (sulfide) groups is 1. The first-order valence-electron chi connectivity index (χ1n) is 8.13. The third kappa shape index (κ3) is 4.67. The summed E-state index contributed by atoms with van der Waals surface area (Å²) in [7, 11) is 0. The summed E-state index contributed by atoms with van der Waals surface area (Å²) >= 11 is 3.28. The van der Waals surface area contributed by atoms with Gasteiger partial charge >= 0.3 is 0 Å². The van der Waals surface area contributed by atoms with E-state index in [0.29, 0.717) is 32.0 Å². The maximum Gasteiger partial charge on any atom is 0.224 e. The Morgan fingerprint density at radius 2 is 2.22 bits per heavy atom. The molecular formula is C15H22N4O2S2. The molecule has 1 atom stereocenters. The number of hydrogen-bond acceptors (Lipinski definition) is 6. The largest absolute Gasteiger partial charge is 0.356 e. The number of carbonyl (C=O) groups excluding carboxylic acids is 2. The highest BCUT2D eigenvalue weighted by atomic mass is 32.2. The Balaban J connectivity index is 1.33. The van der Waals surface area contributed by atoms with E-state index < -0.39 is 0 Å². The first-order valence-corrected chi connectivity index (χ1v) is 9.94. The molecule has 2 aliphatic rings. The molecule has 3 rings (SSSR count). The molecule has 0 unspecified atom stereocenters. The summed E-state index contributed by atoms with van der Waals surface area (Å²) in [4.78, 5) is 26.0. The number of piperidine rings is 1. The van der Waals surface area contributed by atoms with E-state index in [1.807, 2.05) is 11.8 Å². The van der Waals surface area contributed by atoms with Gasteiger partial charge in [0.05, 0.1) is 5.92 Å². The number of aromatic nitrogens is 2. The lowest BCUT2D eigenvalue weighted by Crippen LogP contribution is -2.46. The SMILES string of the molecule is Cc1nnc(SCCCNC(=O)[C@H]2CCC(=O)N(C3CC3)C2)s1. The summed E-state index contributed by atoms with van der Waals surface area (Å²) < 4.78 is 0.986. The number of rotatable bonds is 7. The van der Waals surface area contributed by atoms with E-state index in [0.717, 1.165) is 34.4 Å². The summed E-state index contributed by atoms with van der Waals surface area (Å²) in [6.45, 7) is 3.23. The monoisotopic (exact) mass is 354 g/mol. The minimum Gasteiger partial charge on any atom is -0.356 e. The lowest BCUT2D eigenvalue weighted by Gasteiger charge is -2.32. The Morgan fingerprint density at radius 3 is 2.91 bits per heavy atom. The van der Waals surface area contributed by atoms with Crippen LogP contribution in [0.25, 0.3) is 0 Å². The van der Waals surface area contributed by atoms with E-state index in [1.165, 1.54) is 0 Å². The van der Waals surface area contributed by atoms with Crippen molar-refractivity contribution in [2.75, 3.05) is 18.8 Å². The molecule has 1 aliphatic carbocycles. The molecule has 1 aromatic rings. The van der Waals surface area contributed by atoms with Crippen LogP contribution >= 0.6 is 23.1 Å². The van der Waals surface area contributed by atoms with Gasteiger partial charge in [0.25, 0.3) is 0 Å². The van der Waals surface area contributed by atoms with Crippen LogP contribution in [0.3, 0.4) is 0 Å². The van der Waals surface area contributed by atoms with Gasteiger partial charge < -0.3 is 10.2 Å². The van der Waals surface area contributed by atoms with Crippen LogP contribution in [0.2, 0.25) is 0 Å². The average molecular weight is 355 g/mol. The Labute approximate surface area is 144 Å². The molecule has 1 aliphatic heterocycles. The van der Waals surface area contributed by atoms with Gasteiger partial charge in [-0.1, -0.05) is 23.1 Å². The summed E-state index contributed by atoms with van der Waals surface area (Å²) in [6.07, 6.45) is 4.31. The van der Waals surface area contributed by atoms with Crippen LogP contribution in [0.1, 0.15) is 37.1 Å². The highest BCUT2D eigenvalue weighted by Gasteiger charge is 2.38. The number of aryl methyl sites for hydroxylation is 1. The minimum absolute atomic E-state index is 0.0354. The lowest BCUT2D eigenvalue weighted by atomic mass is 9.96. The Kier molecular flexibility index (Phi) is 5.53. The highest BCUT2D eigenvalue weighted by molar-refractivity contribution is 8.01. The minimum atomic E-state index is -0.0354. The summed E-state index contributed by atoms with van der Waals surface area (Å²) in [6, 6.07) is 0.407. The molecule has 2 heterocycles. The molecule has 0 bridgehead atoms. The van der Waals surface area contributed by atoms with Crippen molar-refractivity contribution in [2.24, 2.45) is 5.92 Å². The average Bonchev–Trinajstić information content (AvgIpc) is 3.29. The second-order valence-electron chi connectivity index (χ2n) is 6.09. The van der Waals surface area contributed by atoms with Gasteiger partial charge in [-0.15, -0.1) is 10.2 Å². The standard InChI is InChI=1S/C15H22N4O2S2/c1-10-17-18-15(23-10)22-8-2-7-16-14(21)11-3-6-13(20)19(9-11)12-4-5-12/h11-12H,2-9H2,1H3,(H,16,21)/t11-/m0/s1. The van der Waals surface area contributed by atoms with E-state index in [2.05, 4.69) is 15.5 Å². The first-order chi connectivity index (χ1) is 11.1. The van der Waals surface area contributed by atoms with Crippen molar-refractivity contribution in [3.63, 3.8) is 0 Å². The predicted octanol–water partition coefficient (Wildman–Crippen LogP) is 1.85. The number of hydrogen-bond donors (Lipinski definition) is 1. The quantitative estimate of drug-likeness (QED) is 0.597. The Hall–Kier alpha value is -1.15. The molecule has 0 radical (unpaired) electrons. The third-order valence-electron chi connectivity index (χ3n) is 4.16. The van der Waals surface area contributed by atoms with E-state index in [4.69, 9.17) is 0 Å². The molecule has 8 heteroatoms. The third-order valence-corrected chi connectivity index (χ3v) is 6.21. The van der Waals surface area contributed by atoms with Crippen molar-refractivity contribution in [2.45, 2.75) is 49.4 Å². The van der Waals surface area contributed by atoms with Crippen LogP contribution in [-0.2, 0) is 9.59 Å². The molecule has 2 fully saturated rings. The maximum absolute atomic E-state index is 12.3. The zero-order valence-corrected chi connectivity index (χ0v) is 14.9. The van der Waals surface area contributed by atoms with Crippen molar-refractivity contribution in [3.05, 3.63) is 5.01 Å². The smallest absolute Gasteiger partial charge is 0.224 e. The van der Waals surface area contributed by atoms with E-state index >= 15 is 0 Å². The fourth-order valence-corrected chi connectivity index (χ4v) is 4.57. The van der Waals surface area contributed by atoms with Crippen molar-refractivity contribution >= 4 is 34.9 Å². The first kappa shape index (κ1) is 16.7. The summed E-state index contributed by atoms with van der Waals surface area (Å²) in [5.41, 5.74) is 0. The van der Waals surface area contributed by atoms with Crippen molar-refractivity contribution < 1.29 is 9.59 Å². The van der Waals surface area contributed by atoms with Gasteiger partial charge in [0, 0.05) is 31.3 Å². The Morgan fingerprint density at radius 1 is 1.39 bits per heavy atom. The zero-order chi connectivity index (χ0) is 16.2. The van der Waals surface area contributed by atoms with Gasteiger partial charge in [-0.3, -0.25) is 9.59 Å². The van der Waals surface area contributed by atoms with Crippen LogP contribution in [0, 0.1) is 12.8 Å². The van der Waals surface area contributed by atoms with E-state index in [1.54, 1.807) is 23.1 Å². The number of nitrogens with one attached hydrogen (secondary N) is 1. The number of nitrogens with zero attached hydrogens (tertiary/aromatic N) is 3. The van der Waals surface area contributed by atoms with Crippen LogP contribution in [0.5, 0.6) is 0 Å². The molecule has 23 heavy (non-hydrogen) atoms. The topological polar surface area (TPSA) is 75.2 Å². The van der Waals surface area contributed by atoms with Gasteiger partial charge in [0.2, 0.25) is 11.8 Å². The number of likely N-dealkylation sites (tertiary alicyclic amines) is 1. The van der Waals surface area contributed by atoms with Crippen LogP contribution in [0.15, 0.2) is 4.34 Å². The predicted molar refractivity (Wildman–Crippen MR) is 90.5 cm³/mol. The molecule has 0 aromatic carbocycles. The number of amides is 2. The molecule has 0 spiro atoms. The molecule has 2 amide bonds. The molecule has 1 aromatic heterocycles. The second-order valence-corrected chi connectivity index (χ2v) is 8.62. The maximum atomic E-state index is 12.3. The normalized spacial score (nSPS) is 21.5. The van der Waals surface area contributed by atoms with Crippen molar-refractivity contribution in [1.82, 2.24) is 20.4 Å². The second kappa shape index (κ2) is 7.61. The highest BCUT2D eigenvalue weighted by Crippen LogP contribution is 2.31. The molecular weight excluding hydrogens is 332 g/mol. The molecule has 6 nitrogen and oxygen atoms in total. The van der Waals surface area contributed by atoms with Gasteiger partial charge in [-0.2, -0.15) is 0 Å². The number of carbonyl (C=O) groups is 2. The van der Waals surface area contributed by atoms with Crippen molar-refractivity contribution in [1.29, 1.82) is 0 Å². The van der Waals surface area contributed by atoms with Gasteiger partial charge in [0.1, 0.15) is 5.01 Å². The van der Waals surface area contributed by atoms with E-state index in [-0.39, 0.29) is 17.7 Å². The lowest BCUT2D eigenvalue weighted by molar-refractivity contribution is -0.138. The zero-order valence-electron chi connectivity index (χ0n) is 13.3. The summed E-state index contributed by atoms with van der Waals surface area (Å²) in [5, 5.41) is 12.0. The van der Waals surface area contributed by atoms with Gasteiger partial charge in [-0.25, -0.2) is 0 Å². The molecule has 1 saturated heterocycles. The fourth-order valence-electron chi connectivity index (χ4n) is 2.75. The fraction of sp³-hybridized carbons (Fsp3) is 0.733. The van der Waals surface area contributed by atoms with Crippen LogP contribution in [-0.4, -0.2) is 51.8 Å². The van der Waals surface area contributed by atoms with E-state index in [9.17, 15) is 9.59 Å². The van der Waals surface area contributed by atoms with Crippen molar-refractivity contribution in [3.8, 4) is 0 Å². The molecule has 1 saturated carbocycles. The van der Waals surface area contributed by atoms with Crippen LogP contribution < -0.4 is 5.32 Å². The summed E-state index contributed by atoms with van der Waals surface area (Å²) in [5.74, 6) is 1.21.